The summed E-state index contributed by atoms with van der Waals surface area (Å²) in [5.74, 6) is 1.53. The Morgan fingerprint density at radius 2 is 1.90 bits per heavy atom. The van der Waals surface area contributed by atoms with Gasteiger partial charge in [0.15, 0.2) is 0 Å². The van der Waals surface area contributed by atoms with Crippen molar-refractivity contribution >= 4 is 0 Å². The van der Waals surface area contributed by atoms with E-state index >= 15 is 0 Å². The molecular formula is C18H24N2O. The van der Waals surface area contributed by atoms with E-state index in [-0.39, 0.29) is 0 Å². The van der Waals surface area contributed by atoms with E-state index < -0.39 is 0 Å². The zero-order valence-corrected chi connectivity index (χ0v) is 13.5. The molecule has 0 saturated heterocycles. The van der Waals surface area contributed by atoms with Crippen LogP contribution in [0.15, 0.2) is 30.3 Å². The van der Waals surface area contributed by atoms with Crippen molar-refractivity contribution in [3.63, 3.8) is 0 Å². The normalized spacial score (nSPS) is 11.0. The van der Waals surface area contributed by atoms with Gasteiger partial charge in [-0.3, -0.25) is 0 Å². The minimum Gasteiger partial charge on any atom is -0.439 e. The Kier molecular flexibility index (Phi) is 4.97. The molecule has 0 spiro atoms. The third kappa shape index (κ3) is 4.30. The largest absolute Gasteiger partial charge is 0.439 e. The van der Waals surface area contributed by atoms with Crippen LogP contribution in [0.2, 0.25) is 0 Å². The summed E-state index contributed by atoms with van der Waals surface area (Å²) >= 11 is 0. The number of hydrogen-bond acceptors (Lipinski definition) is 3. The van der Waals surface area contributed by atoms with Gasteiger partial charge in [0.05, 0.1) is 5.69 Å². The van der Waals surface area contributed by atoms with E-state index in [1.54, 1.807) is 0 Å². The van der Waals surface area contributed by atoms with Gasteiger partial charge in [0.25, 0.3) is 0 Å². The Bertz CT molecular complexity index is 621. The van der Waals surface area contributed by atoms with Crippen molar-refractivity contribution in [2.45, 2.75) is 47.2 Å². The van der Waals surface area contributed by atoms with Crippen LogP contribution in [0.3, 0.4) is 0 Å². The number of benzene rings is 1. The van der Waals surface area contributed by atoms with Crippen molar-refractivity contribution in [3.8, 4) is 11.6 Å². The molecule has 0 aliphatic carbocycles. The lowest BCUT2D eigenvalue weighted by Crippen LogP contribution is -2.22. The van der Waals surface area contributed by atoms with Gasteiger partial charge in [-0.15, -0.1) is 0 Å². The van der Waals surface area contributed by atoms with E-state index in [2.05, 4.69) is 57.1 Å². The molecule has 0 aliphatic heterocycles. The summed E-state index contributed by atoms with van der Waals surface area (Å²) in [6.45, 7) is 11.3. The predicted octanol–water partition coefficient (Wildman–Crippen LogP) is 4.30. The molecule has 0 saturated carbocycles. The first kappa shape index (κ1) is 15.5. The van der Waals surface area contributed by atoms with Crippen LogP contribution in [0.5, 0.6) is 11.6 Å². The first-order valence-corrected chi connectivity index (χ1v) is 7.40. The summed E-state index contributed by atoms with van der Waals surface area (Å²) in [7, 11) is 0. The number of pyridine rings is 1. The summed E-state index contributed by atoms with van der Waals surface area (Å²) in [5.41, 5.74) is 4.59. The number of ether oxygens (including phenoxy) is 1. The molecule has 0 radical (unpaired) electrons. The number of hydrogen-bond donors (Lipinski definition) is 1. The highest BCUT2D eigenvalue weighted by atomic mass is 16.5. The van der Waals surface area contributed by atoms with Crippen LogP contribution in [0.1, 0.15) is 36.2 Å². The van der Waals surface area contributed by atoms with Gasteiger partial charge in [-0.05, 0) is 49.6 Å². The summed E-state index contributed by atoms with van der Waals surface area (Å²) in [6.07, 6.45) is 0. The third-order valence-electron chi connectivity index (χ3n) is 3.45. The van der Waals surface area contributed by atoms with E-state index in [1.807, 2.05) is 18.2 Å². The van der Waals surface area contributed by atoms with Crippen LogP contribution in [0, 0.1) is 20.8 Å². The molecule has 0 fully saturated rings. The lowest BCUT2D eigenvalue weighted by atomic mass is 10.1. The van der Waals surface area contributed by atoms with Gasteiger partial charge in [0.1, 0.15) is 5.75 Å². The molecule has 3 nitrogen and oxygen atoms in total. The van der Waals surface area contributed by atoms with Gasteiger partial charge in [0, 0.05) is 18.7 Å². The number of aryl methyl sites for hydroxylation is 2. The van der Waals surface area contributed by atoms with Gasteiger partial charge >= 0.3 is 0 Å². The molecule has 1 N–H and O–H groups in total. The Hall–Kier alpha value is -1.87. The number of nitrogens with one attached hydrogen (secondary N) is 1. The van der Waals surface area contributed by atoms with Crippen LogP contribution in [-0.2, 0) is 6.54 Å². The van der Waals surface area contributed by atoms with E-state index in [0.717, 1.165) is 23.6 Å². The molecule has 21 heavy (non-hydrogen) atoms. The third-order valence-corrected chi connectivity index (χ3v) is 3.45. The quantitative estimate of drug-likeness (QED) is 0.889. The highest BCUT2D eigenvalue weighted by Crippen LogP contribution is 2.27. The van der Waals surface area contributed by atoms with Gasteiger partial charge in [-0.2, -0.15) is 0 Å². The van der Waals surface area contributed by atoms with Crippen LogP contribution < -0.4 is 10.1 Å². The Balaban J connectivity index is 2.18. The maximum absolute atomic E-state index is 5.98. The minimum absolute atomic E-state index is 0.443. The molecular weight excluding hydrogens is 260 g/mol. The zero-order valence-electron chi connectivity index (χ0n) is 13.5. The zero-order chi connectivity index (χ0) is 15.4. The lowest BCUT2D eigenvalue weighted by molar-refractivity contribution is 0.454. The van der Waals surface area contributed by atoms with E-state index in [0.29, 0.717) is 11.9 Å². The molecule has 0 atom stereocenters. The second kappa shape index (κ2) is 6.72. The van der Waals surface area contributed by atoms with Gasteiger partial charge in [-0.1, -0.05) is 26.0 Å². The second-order valence-electron chi connectivity index (χ2n) is 5.81. The molecule has 2 aromatic rings. The smallest absolute Gasteiger partial charge is 0.219 e. The number of aromatic nitrogens is 1. The van der Waals surface area contributed by atoms with Crippen molar-refractivity contribution in [3.05, 3.63) is 52.7 Å². The average molecular weight is 284 g/mol. The maximum Gasteiger partial charge on any atom is 0.219 e. The minimum atomic E-state index is 0.443. The summed E-state index contributed by atoms with van der Waals surface area (Å²) in [5, 5.41) is 3.36. The fraction of sp³-hybridized carbons (Fsp3) is 0.389. The first-order valence-electron chi connectivity index (χ1n) is 7.40. The van der Waals surface area contributed by atoms with Crippen molar-refractivity contribution in [1.82, 2.24) is 10.3 Å². The number of rotatable bonds is 5. The predicted molar refractivity (Wildman–Crippen MR) is 86.9 cm³/mol. The molecule has 1 aromatic heterocycles. The summed E-state index contributed by atoms with van der Waals surface area (Å²) in [6, 6.07) is 10.6. The molecule has 0 unspecified atom stereocenters. The van der Waals surface area contributed by atoms with Gasteiger partial charge in [-0.25, -0.2) is 4.98 Å². The van der Waals surface area contributed by atoms with Crippen LogP contribution in [0.25, 0.3) is 0 Å². The molecule has 2 rings (SSSR count). The molecule has 1 heterocycles. The first-order chi connectivity index (χ1) is 9.95. The van der Waals surface area contributed by atoms with Gasteiger partial charge in [0.2, 0.25) is 5.88 Å². The topological polar surface area (TPSA) is 34.1 Å². The van der Waals surface area contributed by atoms with E-state index in [1.165, 1.54) is 11.1 Å². The maximum atomic E-state index is 5.98. The molecule has 3 heteroatoms. The standard InChI is InChI=1S/C18H24N2O/c1-12(2)19-11-16-7-6-8-18(20-16)21-17-10-13(3)9-14(4)15(17)5/h6-10,12,19H,11H2,1-5H3. The van der Waals surface area contributed by atoms with Crippen molar-refractivity contribution in [2.24, 2.45) is 0 Å². The Morgan fingerprint density at radius 1 is 1.14 bits per heavy atom. The van der Waals surface area contributed by atoms with Crippen molar-refractivity contribution in [2.75, 3.05) is 0 Å². The monoisotopic (exact) mass is 284 g/mol. The second-order valence-corrected chi connectivity index (χ2v) is 5.81. The number of nitrogens with zero attached hydrogens (tertiary/aromatic N) is 1. The molecule has 1 aromatic carbocycles. The lowest BCUT2D eigenvalue weighted by Gasteiger charge is -2.12. The van der Waals surface area contributed by atoms with Crippen molar-refractivity contribution in [1.29, 1.82) is 0 Å². The molecule has 0 amide bonds. The fourth-order valence-corrected chi connectivity index (χ4v) is 2.14. The van der Waals surface area contributed by atoms with E-state index in [4.69, 9.17) is 4.74 Å². The summed E-state index contributed by atoms with van der Waals surface area (Å²) < 4.78 is 5.98. The highest BCUT2D eigenvalue weighted by Gasteiger charge is 2.07. The molecule has 112 valence electrons. The van der Waals surface area contributed by atoms with Gasteiger partial charge < -0.3 is 10.1 Å². The van der Waals surface area contributed by atoms with Crippen LogP contribution >= 0.6 is 0 Å². The summed E-state index contributed by atoms with van der Waals surface area (Å²) in [4.78, 5) is 4.56. The van der Waals surface area contributed by atoms with E-state index in [9.17, 15) is 0 Å². The fourth-order valence-electron chi connectivity index (χ4n) is 2.14. The highest BCUT2D eigenvalue weighted by molar-refractivity contribution is 5.43. The Morgan fingerprint density at radius 3 is 2.62 bits per heavy atom. The van der Waals surface area contributed by atoms with Crippen LogP contribution in [0.4, 0.5) is 0 Å². The van der Waals surface area contributed by atoms with Crippen LogP contribution in [-0.4, -0.2) is 11.0 Å². The molecule has 0 bridgehead atoms. The van der Waals surface area contributed by atoms with Crippen molar-refractivity contribution < 1.29 is 4.74 Å². The SMILES string of the molecule is Cc1cc(C)c(C)c(Oc2cccc(CNC(C)C)n2)c1. The molecule has 0 aliphatic rings. The Labute approximate surface area is 127 Å². The average Bonchev–Trinajstić information content (AvgIpc) is 2.42.